The van der Waals surface area contributed by atoms with Gasteiger partial charge in [0, 0.05) is 36.1 Å². The number of rotatable bonds is 3. The molecule has 1 saturated carbocycles. The molecule has 2 fully saturated rings. The summed E-state index contributed by atoms with van der Waals surface area (Å²) in [5, 5.41) is 3.74. The van der Waals surface area contributed by atoms with Crippen LogP contribution in [0.5, 0.6) is 11.5 Å². The van der Waals surface area contributed by atoms with Crippen molar-refractivity contribution in [3.05, 3.63) is 23.8 Å². The van der Waals surface area contributed by atoms with E-state index in [0.717, 1.165) is 24.7 Å². The van der Waals surface area contributed by atoms with Gasteiger partial charge in [-0.25, -0.2) is 0 Å². The third-order valence-corrected chi connectivity index (χ3v) is 5.32. The zero-order valence-electron chi connectivity index (χ0n) is 12.7. The number of hydrogen-bond donors (Lipinski definition) is 1. The van der Waals surface area contributed by atoms with Gasteiger partial charge in [-0.1, -0.05) is 26.0 Å². The molecule has 21 heavy (non-hydrogen) atoms. The molecule has 1 aromatic rings. The predicted molar refractivity (Wildman–Crippen MR) is 79.4 cm³/mol. The van der Waals surface area contributed by atoms with Gasteiger partial charge in [0.15, 0.2) is 11.5 Å². The number of fused-ring (bicyclic) bond motifs is 2. The van der Waals surface area contributed by atoms with E-state index in [9.17, 15) is 0 Å². The van der Waals surface area contributed by atoms with Crippen molar-refractivity contribution in [1.82, 2.24) is 5.32 Å². The Morgan fingerprint density at radius 3 is 3.10 bits per heavy atom. The molecule has 0 aromatic heterocycles. The second kappa shape index (κ2) is 4.89. The summed E-state index contributed by atoms with van der Waals surface area (Å²) in [5.41, 5.74) is 1.39. The Balaban J connectivity index is 1.46. The third-order valence-electron chi connectivity index (χ3n) is 5.32. The second-order valence-corrected chi connectivity index (χ2v) is 6.93. The minimum Gasteiger partial charge on any atom is -0.454 e. The number of benzene rings is 1. The molecule has 4 heteroatoms. The molecule has 1 saturated heterocycles. The standard InChI is InChI=1S/C17H23NO3/c1-17(2)15(12-6-4-8-19-16(12)17)18-9-11-5-3-7-13-14(11)21-10-20-13/h3,5,7,12,15-16,18H,4,6,8-10H2,1-2H3. The van der Waals surface area contributed by atoms with Crippen molar-refractivity contribution in [2.75, 3.05) is 13.4 Å². The van der Waals surface area contributed by atoms with Crippen LogP contribution in [0.15, 0.2) is 18.2 Å². The van der Waals surface area contributed by atoms with Crippen molar-refractivity contribution in [1.29, 1.82) is 0 Å². The highest BCUT2D eigenvalue weighted by atomic mass is 16.7. The molecule has 0 radical (unpaired) electrons. The maximum Gasteiger partial charge on any atom is 0.231 e. The van der Waals surface area contributed by atoms with Gasteiger partial charge >= 0.3 is 0 Å². The Morgan fingerprint density at radius 2 is 2.19 bits per heavy atom. The van der Waals surface area contributed by atoms with E-state index in [1.165, 1.54) is 18.4 Å². The molecule has 0 bridgehead atoms. The topological polar surface area (TPSA) is 39.7 Å². The molecule has 0 amide bonds. The maximum absolute atomic E-state index is 5.96. The minimum absolute atomic E-state index is 0.209. The predicted octanol–water partition coefficient (Wildman–Crippen LogP) is 2.71. The van der Waals surface area contributed by atoms with Crippen LogP contribution in [-0.2, 0) is 11.3 Å². The molecule has 1 N–H and O–H groups in total. The Bertz CT molecular complexity index is 543. The largest absolute Gasteiger partial charge is 0.454 e. The molecule has 114 valence electrons. The van der Waals surface area contributed by atoms with Gasteiger partial charge in [-0.15, -0.1) is 0 Å². The Hall–Kier alpha value is -1.26. The van der Waals surface area contributed by atoms with Crippen molar-refractivity contribution in [2.24, 2.45) is 11.3 Å². The number of para-hydroxylation sites is 1. The first-order chi connectivity index (χ1) is 10.2. The monoisotopic (exact) mass is 289 g/mol. The maximum atomic E-state index is 5.96. The molecule has 4 rings (SSSR count). The number of ether oxygens (including phenoxy) is 3. The van der Waals surface area contributed by atoms with Crippen LogP contribution in [0.3, 0.4) is 0 Å². The summed E-state index contributed by atoms with van der Waals surface area (Å²) in [6.45, 7) is 6.71. The quantitative estimate of drug-likeness (QED) is 0.928. The van der Waals surface area contributed by atoms with E-state index in [2.05, 4.69) is 25.2 Å². The van der Waals surface area contributed by atoms with E-state index in [1.807, 2.05) is 12.1 Å². The molecule has 2 heterocycles. The molecule has 2 aliphatic heterocycles. The van der Waals surface area contributed by atoms with Crippen LogP contribution in [0, 0.1) is 11.3 Å². The molecule has 1 aromatic carbocycles. The van der Waals surface area contributed by atoms with Crippen LogP contribution < -0.4 is 14.8 Å². The third kappa shape index (κ3) is 2.04. The summed E-state index contributed by atoms with van der Waals surface area (Å²) in [4.78, 5) is 0. The second-order valence-electron chi connectivity index (χ2n) is 6.93. The fourth-order valence-corrected chi connectivity index (χ4v) is 4.29. The van der Waals surface area contributed by atoms with Gasteiger partial charge in [0.05, 0.1) is 6.10 Å². The van der Waals surface area contributed by atoms with Crippen molar-refractivity contribution in [3.8, 4) is 11.5 Å². The smallest absolute Gasteiger partial charge is 0.231 e. The fraction of sp³-hybridized carbons (Fsp3) is 0.647. The van der Waals surface area contributed by atoms with Crippen LogP contribution >= 0.6 is 0 Å². The lowest BCUT2D eigenvalue weighted by atomic mass is 9.55. The Kier molecular flexibility index (Phi) is 3.12. The van der Waals surface area contributed by atoms with E-state index in [-0.39, 0.29) is 5.41 Å². The van der Waals surface area contributed by atoms with E-state index in [4.69, 9.17) is 14.2 Å². The van der Waals surface area contributed by atoms with Gasteiger partial charge in [0.1, 0.15) is 0 Å². The van der Waals surface area contributed by atoms with Crippen molar-refractivity contribution in [3.63, 3.8) is 0 Å². The Labute approximate surface area is 125 Å². The first kappa shape index (κ1) is 13.4. The van der Waals surface area contributed by atoms with Crippen molar-refractivity contribution >= 4 is 0 Å². The zero-order valence-corrected chi connectivity index (χ0v) is 12.7. The van der Waals surface area contributed by atoms with E-state index in [0.29, 0.717) is 24.9 Å². The highest BCUT2D eigenvalue weighted by molar-refractivity contribution is 5.48. The van der Waals surface area contributed by atoms with Gasteiger partial charge < -0.3 is 19.5 Å². The fourth-order valence-electron chi connectivity index (χ4n) is 4.29. The summed E-state index contributed by atoms with van der Waals surface area (Å²) < 4.78 is 17.0. The molecule has 0 spiro atoms. The molecular formula is C17H23NO3. The molecule has 3 atom stereocenters. The summed E-state index contributed by atoms with van der Waals surface area (Å²) in [6.07, 6.45) is 2.88. The van der Waals surface area contributed by atoms with E-state index < -0.39 is 0 Å². The molecule has 3 aliphatic rings. The number of nitrogens with one attached hydrogen (secondary N) is 1. The van der Waals surface area contributed by atoms with E-state index >= 15 is 0 Å². The number of hydrogen-bond acceptors (Lipinski definition) is 4. The first-order valence-corrected chi connectivity index (χ1v) is 7.90. The van der Waals surface area contributed by atoms with Crippen LogP contribution in [-0.4, -0.2) is 25.5 Å². The zero-order chi connectivity index (χ0) is 14.4. The van der Waals surface area contributed by atoms with Crippen LogP contribution in [0.25, 0.3) is 0 Å². The summed E-state index contributed by atoms with van der Waals surface area (Å²) >= 11 is 0. The van der Waals surface area contributed by atoms with Crippen molar-refractivity contribution < 1.29 is 14.2 Å². The average Bonchev–Trinajstić information content (AvgIpc) is 2.96. The summed E-state index contributed by atoms with van der Waals surface area (Å²) in [7, 11) is 0. The van der Waals surface area contributed by atoms with Gasteiger partial charge in [-0.05, 0) is 18.9 Å². The summed E-state index contributed by atoms with van der Waals surface area (Å²) in [6, 6.07) is 6.62. The Morgan fingerprint density at radius 1 is 1.29 bits per heavy atom. The highest BCUT2D eigenvalue weighted by Crippen LogP contribution is 2.51. The highest BCUT2D eigenvalue weighted by Gasteiger charge is 2.57. The van der Waals surface area contributed by atoms with Crippen LogP contribution in [0.2, 0.25) is 0 Å². The van der Waals surface area contributed by atoms with Gasteiger partial charge in [-0.2, -0.15) is 0 Å². The van der Waals surface area contributed by atoms with Crippen LogP contribution in [0.4, 0.5) is 0 Å². The van der Waals surface area contributed by atoms with Gasteiger partial charge in [0.25, 0.3) is 0 Å². The molecular weight excluding hydrogens is 266 g/mol. The van der Waals surface area contributed by atoms with Gasteiger partial charge in [-0.3, -0.25) is 0 Å². The summed E-state index contributed by atoms with van der Waals surface area (Å²) in [5.74, 6) is 2.42. The lowest BCUT2D eigenvalue weighted by Gasteiger charge is -2.60. The normalized spacial score (nSPS) is 32.4. The molecule has 3 unspecified atom stereocenters. The van der Waals surface area contributed by atoms with Gasteiger partial charge in [0.2, 0.25) is 6.79 Å². The molecule has 1 aliphatic carbocycles. The average molecular weight is 289 g/mol. The molecule has 4 nitrogen and oxygen atoms in total. The van der Waals surface area contributed by atoms with Crippen LogP contribution in [0.1, 0.15) is 32.3 Å². The lowest BCUT2D eigenvalue weighted by molar-refractivity contribution is -0.193. The van der Waals surface area contributed by atoms with Crippen molar-refractivity contribution in [2.45, 2.75) is 45.4 Å². The first-order valence-electron chi connectivity index (χ1n) is 7.90. The SMILES string of the molecule is CC1(C)C(NCc2cccc3c2OCO3)C2CCCOC21. The lowest BCUT2D eigenvalue weighted by Crippen LogP contribution is -2.69. The van der Waals surface area contributed by atoms with E-state index in [1.54, 1.807) is 0 Å². The minimum atomic E-state index is 0.209.